The fraction of sp³-hybridized carbons (Fsp3) is 0.594. The Hall–Kier alpha value is -3.35. The van der Waals surface area contributed by atoms with Crippen molar-refractivity contribution in [3.05, 3.63) is 47.5 Å². The second kappa shape index (κ2) is 14.0. The van der Waals surface area contributed by atoms with Gasteiger partial charge in [0.05, 0.1) is 6.04 Å². The van der Waals surface area contributed by atoms with Gasteiger partial charge in [0.2, 0.25) is 0 Å². The van der Waals surface area contributed by atoms with Crippen molar-refractivity contribution in [3.8, 4) is 17.2 Å². The minimum absolute atomic E-state index is 0.125. The van der Waals surface area contributed by atoms with Crippen LogP contribution in [-0.2, 0) is 27.7 Å². The fourth-order valence-electron chi connectivity index (χ4n) is 5.70. The summed E-state index contributed by atoms with van der Waals surface area (Å²) in [6.07, 6.45) is 5.90. The van der Waals surface area contributed by atoms with Gasteiger partial charge in [-0.15, -0.1) is 0 Å². The first-order valence-electron chi connectivity index (χ1n) is 15.4. The third kappa shape index (κ3) is 8.89. The van der Waals surface area contributed by atoms with Gasteiger partial charge >= 0.3 is 21.7 Å². The lowest BCUT2D eigenvalue weighted by Gasteiger charge is -2.23. The van der Waals surface area contributed by atoms with Crippen molar-refractivity contribution in [2.75, 3.05) is 18.0 Å². The molecule has 9 nitrogen and oxygen atoms in total. The second-order valence-electron chi connectivity index (χ2n) is 12.5. The van der Waals surface area contributed by atoms with E-state index < -0.39 is 21.2 Å². The Kier molecular flexibility index (Phi) is 10.7. The summed E-state index contributed by atoms with van der Waals surface area (Å²) in [6, 6.07) is 10.6. The molecule has 3 heterocycles. The number of ether oxygens (including phenoxy) is 3. The van der Waals surface area contributed by atoms with Crippen LogP contribution in [0.2, 0.25) is 0 Å². The number of hydrogen-bond acceptors (Lipinski definition) is 8. The molecule has 45 heavy (non-hydrogen) atoms. The molecule has 0 aliphatic carbocycles. The number of fused-ring (bicyclic) bond motifs is 2. The van der Waals surface area contributed by atoms with Crippen LogP contribution in [0.15, 0.2) is 36.4 Å². The number of alkyl carbamates (subject to hydrolysis) is 1. The van der Waals surface area contributed by atoms with E-state index in [4.69, 9.17) is 14.2 Å². The number of benzene rings is 2. The molecule has 3 atom stereocenters. The Labute approximate surface area is 263 Å². The van der Waals surface area contributed by atoms with Gasteiger partial charge in [-0.1, -0.05) is 38.8 Å². The van der Waals surface area contributed by atoms with Crippen molar-refractivity contribution < 1.29 is 44.8 Å². The van der Waals surface area contributed by atoms with Crippen molar-refractivity contribution in [3.63, 3.8) is 0 Å². The second-order valence-corrected chi connectivity index (χ2v) is 14.1. The molecule has 2 unspecified atom stereocenters. The van der Waals surface area contributed by atoms with Crippen molar-refractivity contribution >= 4 is 21.9 Å². The molecule has 13 heteroatoms. The lowest BCUT2D eigenvalue weighted by molar-refractivity contribution is -0.0500. The Bertz CT molecular complexity index is 1440. The maximum atomic E-state index is 12.3. The van der Waals surface area contributed by atoms with Gasteiger partial charge in [-0.3, -0.25) is 0 Å². The highest BCUT2D eigenvalue weighted by atomic mass is 32.2. The van der Waals surface area contributed by atoms with Crippen LogP contribution in [-0.4, -0.2) is 57.0 Å². The van der Waals surface area contributed by atoms with Crippen LogP contribution in [0, 0.1) is 0 Å². The van der Waals surface area contributed by atoms with Gasteiger partial charge in [-0.05, 0) is 64.3 Å². The topological polar surface area (TPSA) is 103 Å². The third-order valence-electron chi connectivity index (χ3n) is 7.60. The Balaban J connectivity index is 0.000000210. The van der Waals surface area contributed by atoms with Crippen LogP contribution in [0.5, 0.6) is 17.2 Å². The number of amides is 1. The predicted octanol–water partition coefficient (Wildman–Crippen LogP) is 6.91. The van der Waals surface area contributed by atoms with Crippen LogP contribution < -0.4 is 23.9 Å². The monoisotopic (exact) mass is 656 g/mol. The molecule has 2 aromatic carbocycles. The number of alkyl halides is 3. The van der Waals surface area contributed by atoms with Crippen LogP contribution in [0.3, 0.4) is 0 Å². The van der Waals surface area contributed by atoms with E-state index in [1.807, 2.05) is 27.7 Å². The summed E-state index contributed by atoms with van der Waals surface area (Å²) in [6.45, 7) is 11.6. The average Bonchev–Trinajstić information content (AvgIpc) is 3.66. The smallest absolute Gasteiger partial charge is 0.490 e. The van der Waals surface area contributed by atoms with Crippen molar-refractivity contribution in [2.24, 2.45) is 0 Å². The largest absolute Gasteiger partial charge is 0.534 e. The molecule has 0 aromatic heterocycles. The summed E-state index contributed by atoms with van der Waals surface area (Å²) < 4.78 is 80.2. The Morgan fingerprint density at radius 2 is 1.53 bits per heavy atom. The lowest BCUT2D eigenvalue weighted by Crippen LogP contribution is -2.40. The number of halogens is 3. The van der Waals surface area contributed by atoms with Gasteiger partial charge in [-0.2, -0.15) is 21.6 Å². The summed E-state index contributed by atoms with van der Waals surface area (Å²) in [5.41, 5.74) is -2.98. The van der Waals surface area contributed by atoms with Crippen LogP contribution >= 0.6 is 0 Å². The fourth-order valence-corrected chi connectivity index (χ4v) is 6.19. The zero-order chi connectivity index (χ0) is 33.0. The van der Waals surface area contributed by atoms with E-state index in [0.29, 0.717) is 23.8 Å². The number of anilines is 1. The van der Waals surface area contributed by atoms with E-state index in [2.05, 4.69) is 39.5 Å². The number of carbonyl (C=O) groups excluding carboxylic acids is 1. The first-order valence-corrected chi connectivity index (χ1v) is 16.8. The highest BCUT2D eigenvalue weighted by Gasteiger charge is 2.49. The van der Waals surface area contributed by atoms with Crippen molar-refractivity contribution in [1.82, 2.24) is 5.32 Å². The summed E-state index contributed by atoms with van der Waals surface area (Å²) in [5.74, 6) is 1.08. The summed E-state index contributed by atoms with van der Waals surface area (Å²) in [5, 5.41) is 3.00. The van der Waals surface area contributed by atoms with Gasteiger partial charge in [-0.25, -0.2) is 4.79 Å². The molecule has 0 radical (unpaired) electrons. The molecule has 0 spiro atoms. The first kappa shape index (κ1) is 34.5. The van der Waals surface area contributed by atoms with Gasteiger partial charge in [0, 0.05) is 42.7 Å². The van der Waals surface area contributed by atoms with Gasteiger partial charge in [0.25, 0.3) is 0 Å². The van der Waals surface area contributed by atoms with Gasteiger partial charge in [0.15, 0.2) is 0 Å². The predicted molar refractivity (Wildman–Crippen MR) is 165 cm³/mol. The molecule has 0 bridgehead atoms. The molecule has 0 saturated carbocycles. The number of hydrogen-bond donors (Lipinski definition) is 1. The molecule has 3 aliphatic rings. The normalized spacial score (nSPS) is 20.7. The zero-order valence-electron chi connectivity index (χ0n) is 26.4. The molecule has 3 aliphatic heterocycles. The summed E-state index contributed by atoms with van der Waals surface area (Å²) >= 11 is 0. The number of nitrogens with zero attached hydrogens (tertiary/aromatic N) is 1. The molecule has 1 amide bonds. The number of rotatable bonds is 8. The van der Waals surface area contributed by atoms with Crippen LogP contribution in [0.1, 0.15) is 77.8 Å². The quantitative estimate of drug-likeness (QED) is 0.242. The zero-order valence-corrected chi connectivity index (χ0v) is 27.2. The molecule has 2 aromatic rings. The minimum Gasteiger partial charge on any atom is -0.490 e. The molecule has 1 N–H and O–H groups in total. The summed E-state index contributed by atoms with van der Waals surface area (Å²) in [4.78, 5) is 14.3. The van der Waals surface area contributed by atoms with E-state index in [0.717, 1.165) is 57.4 Å². The van der Waals surface area contributed by atoms with E-state index in [9.17, 15) is 26.4 Å². The van der Waals surface area contributed by atoms with Gasteiger partial charge in [0.1, 0.15) is 35.1 Å². The number of carbonyl (C=O) groups is 1. The molecule has 5 rings (SSSR count). The molecular weight excluding hydrogens is 613 g/mol. The van der Waals surface area contributed by atoms with Gasteiger partial charge < -0.3 is 28.6 Å². The van der Waals surface area contributed by atoms with Crippen LogP contribution in [0.25, 0.3) is 0 Å². The van der Waals surface area contributed by atoms with Crippen LogP contribution in [0.4, 0.5) is 23.7 Å². The van der Waals surface area contributed by atoms with E-state index in [1.54, 1.807) is 6.07 Å². The SMILES string of the molecule is CCCC1Cc2c(cccc2N2CC[C@H](NC(=O)OC(C)(C)C)C2)O1.CCCC1Cc2c(cccc2OS(=O)(=O)C(F)(F)F)O1. The van der Waals surface area contributed by atoms with E-state index >= 15 is 0 Å². The lowest BCUT2D eigenvalue weighted by atomic mass is 10.0. The highest BCUT2D eigenvalue weighted by molar-refractivity contribution is 7.88. The Morgan fingerprint density at radius 1 is 0.956 bits per heavy atom. The highest BCUT2D eigenvalue weighted by Crippen LogP contribution is 2.40. The third-order valence-corrected chi connectivity index (χ3v) is 8.57. The maximum Gasteiger partial charge on any atom is 0.534 e. The van der Waals surface area contributed by atoms with E-state index in [1.165, 1.54) is 23.4 Å². The average molecular weight is 657 g/mol. The Morgan fingerprint density at radius 3 is 2.11 bits per heavy atom. The van der Waals surface area contributed by atoms with Crippen molar-refractivity contribution in [1.29, 1.82) is 0 Å². The molecule has 250 valence electrons. The standard InChI is InChI=1S/C20H30N2O3.C12H13F3O4S/c1-5-7-15-12-16-17(8-6-9-18(16)24-15)22-11-10-14(13-22)21-19(23)25-20(2,3)4;1-2-4-8-7-9-10(18-8)5-3-6-11(9)19-20(16,17)12(13,14)15/h6,8-9,14-15H,5,7,10-13H2,1-4H3,(H,21,23);3,5-6,8H,2,4,7H2,1H3/t14-,15?;/m0./s1. The molecular formula is C32H43F3N2O7S. The maximum absolute atomic E-state index is 12.3. The van der Waals surface area contributed by atoms with E-state index in [-0.39, 0.29) is 24.0 Å². The van der Waals surface area contributed by atoms with Crippen molar-refractivity contribution in [2.45, 2.75) is 109 Å². The first-order chi connectivity index (χ1) is 21.1. The molecule has 1 saturated heterocycles. The minimum atomic E-state index is -5.66. The molecule has 1 fully saturated rings. The summed E-state index contributed by atoms with van der Waals surface area (Å²) in [7, 11) is -5.66. The number of nitrogens with one attached hydrogen (secondary N) is 1.